The molecule has 0 fully saturated rings. The van der Waals surface area contributed by atoms with Crippen molar-refractivity contribution >= 4 is 0 Å². The molecule has 0 saturated heterocycles. The molecule has 0 aliphatic carbocycles. The molecule has 0 bridgehead atoms. The molecule has 1 N–H and O–H groups in total. The van der Waals surface area contributed by atoms with Crippen LogP contribution in [0, 0.1) is 6.92 Å². The second-order valence-corrected chi connectivity index (χ2v) is 4.41. The Bertz CT molecular complexity index is 538. The van der Waals surface area contributed by atoms with Crippen molar-refractivity contribution in [2.24, 2.45) is 0 Å². The maximum absolute atomic E-state index is 5.26. The average Bonchev–Trinajstić information content (AvgIpc) is 2.84. The van der Waals surface area contributed by atoms with Crippen LogP contribution in [0.1, 0.15) is 17.0 Å². The van der Waals surface area contributed by atoms with Gasteiger partial charge in [0.25, 0.3) is 0 Å². The summed E-state index contributed by atoms with van der Waals surface area (Å²) in [5.74, 6) is 1.79. The van der Waals surface area contributed by atoms with E-state index in [1.807, 2.05) is 30.8 Å². The summed E-state index contributed by atoms with van der Waals surface area (Å²) in [6.07, 6.45) is 0.818. The van der Waals surface area contributed by atoms with Crippen LogP contribution in [-0.2, 0) is 13.0 Å². The lowest BCUT2D eigenvalue weighted by atomic mass is 10.1. The summed E-state index contributed by atoms with van der Waals surface area (Å²) in [5, 5.41) is 14.9. The van der Waals surface area contributed by atoms with Crippen molar-refractivity contribution in [3.8, 4) is 5.75 Å². The first-order valence-electron chi connectivity index (χ1n) is 6.27. The largest absolute Gasteiger partial charge is 0.496 e. The van der Waals surface area contributed by atoms with Gasteiger partial charge in [0.1, 0.15) is 5.75 Å². The number of nitrogens with zero attached hydrogens (tertiary/aromatic N) is 4. The molecule has 102 valence electrons. The summed E-state index contributed by atoms with van der Waals surface area (Å²) >= 11 is 0. The number of ether oxygens (including phenoxy) is 1. The van der Waals surface area contributed by atoms with E-state index in [1.165, 1.54) is 0 Å². The number of benzene rings is 1. The average molecular weight is 261 g/mol. The Morgan fingerprint density at radius 3 is 2.89 bits per heavy atom. The number of hydrogen-bond donors (Lipinski definition) is 1. The summed E-state index contributed by atoms with van der Waals surface area (Å²) in [4.78, 5) is 0. The number of rotatable bonds is 6. The van der Waals surface area contributed by atoms with Crippen LogP contribution in [0.3, 0.4) is 0 Å². The molecule has 19 heavy (non-hydrogen) atoms. The lowest BCUT2D eigenvalue weighted by molar-refractivity contribution is 0.411. The van der Waals surface area contributed by atoms with E-state index in [1.54, 1.807) is 7.11 Å². The van der Waals surface area contributed by atoms with Gasteiger partial charge in [0.15, 0.2) is 5.82 Å². The van der Waals surface area contributed by atoms with Gasteiger partial charge < -0.3 is 10.1 Å². The van der Waals surface area contributed by atoms with Gasteiger partial charge >= 0.3 is 0 Å². The molecule has 2 rings (SSSR count). The maximum atomic E-state index is 5.26. The lowest BCUT2D eigenvalue weighted by Gasteiger charge is -2.08. The normalized spacial score (nSPS) is 10.7. The van der Waals surface area contributed by atoms with Crippen LogP contribution in [0.4, 0.5) is 0 Å². The summed E-state index contributed by atoms with van der Waals surface area (Å²) in [7, 11) is 3.60. The van der Waals surface area contributed by atoms with E-state index >= 15 is 0 Å². The molecule has 6 nitrogen and oxygen atoms in total. The Labute approximate surface area is 112 Å². The summed E-state index contributed by atoms with van der Waals surface area (Å²) in [5.41, 5.74) is 2.28. The third kappa shape index (κ3) is 3.29. The smallest absolute Gasteiger partial charge is 0.152 e. The fraction of sp³-hybridized carbons (Fsp3) is 0.462. The monoisotopic (exact) mass is 261 g/mol. The lowest BCUT2D eigenvalue weighted by Crippen LogP contribution is -2.15. The van der Waals surface area contributed by atoms with Gasteiger partial charge in [-0.1, -0.05) is 12.1 Å². The zero-order chi connectivity index (χ0) is 13.7. The maximum Gasteiger partial charge on any atom is 0.152 e. The predicted octanol–water partition coefficient (Wildman–Crippen LogP) is 0.800. The van der Waals surface area contributed by atoms with Crippen molar-refractivity contribution in [2.75, 3.05) is 20.7 Å². The van der Waals surface area contributed by atoms with Crippen LogP contribution in [-0.4, -0.2) is 40.9 Å². The number of likely N-dealkylation sites (N-methyl/N-ethyl adjacent to an activating group) is 1. The Morgan fingerprint density at radius 1 is 1.37 bits per heavy atom. The molecular weight excluding hydrogens is 242 g/mol. The van der Waals surface area contributed by atoms with Crippen molar-refractivity contribution in [1.29, 1.82) is 0 Å². The van der Waals surface area contributed by atoms with E-state index in [0.717, 1.165) is 35.7 Å². The van der Waals surface area contributed by atoms with E-state index in [9.17, 15) is 0 Å². The van der Waals surface area contributed by atoms with E-state index in [2.05, 4.69) is 26.9 Å². The molecule has 6 heteroatoms. The van der Waals surface area contributed by atoms with Gasteiger partial charge in [-0.25, -0.2) is 4.68 Å². The molecule has 1 aromatic carbocycles. The molecular formula is C13H19N5O. The Morgan fingerprint density at radius 2 is 2.21 bits per heavy atom. The van der Waals surface area contributed by atoms with E-state index in [-0.39, 0.29) is 0 Å². The summed E-state index contributed by atoms with van der Waals surface area (Å²) < 4.78 is 7.09. The first-order chi connectivity index (χ1) is 9.24. The molecule has 0 radical (unpaired) electrons. The van der Waals surface area contributed by atoms with Crippen LogP contribution in [0.15, 0.2) is 18.2 Å². The molecule has 0 aliphatic heterocycles. The third-order valence-corrected chi connectivity index (χ3v) is 3.00. The second kappa shape index (κ2) is 6.29. The number of methoxy groups -OCH3 is 1. The van der Waals surface area contributed by atoms with Gasteiger partial charge in [0.2, 0.25) is 0 Å². The standard InChI is InChI=1S/C13H19N5O/c1-10-8-11(4-5-12(10)19-3)9-18-13(6-7-14-2)15-16-17-18/h4-5,8,14H,6-7,9H2,1-3H3. The van der Waals surface area contributed by atoms with Gasteiger partial charge in [0, 0.05) is 13.0 Å². The van der Waals surface area contributed by atoms with Crippen molar-refractivity contribution in [2.45, 2.75) is 19.9 Å². The van der Waals surface area contributed by atoms with E-state index in [0.29, 0.717) is 6.54 Å². The highest BCUT2D eigenvalue weighted by Crippen LogP contribution is 2.19. The van der Waals surface area contributed by atoms with Gasteiger partial charge in [-0.15, -0.1) is 5.10 Å². The number of tetrazole rings is 1. The molecule has 0 unspecified atom stereocenters. The highest BCUT2D eigenvalue weighted by molar-refractivity contribution is 5.36. The van der Waals surface area contributed by atoms with Gasteiger partial charge in [-0.2, -0.15) is 0 Å². The Hall–Kier alpha value is -1.95. The fourth-order valence-corrected chi connectivity index (χ4v) is 1.97. The van der Waals surface area contributed by atoms with Crippen molar-refractivity contribution in [3.63, 3.8) is 0 Å². The Balaban J connectivity index is 2.12. The van der Waals surface area contributed by atoms with Crippen molar-refractivity contribution < 1.29 is 4.74 Å². The van der Waals surface area contributed by atoms with Crippen LogP contribution < -0.4 is 10.1 Å². The quantitative estimate of drug-likeness (QED) is 0.833. The molecule has 0 atom stereocenters. The first kappa shape index (κ1) is 13.5. The molecule has 1 heterocycles. The van der Waals surface area contributed by atoms with Crippen LogP contribution >= 0.6 is 0 Å². The van der Waals surface area contributed by atoms with Crippen LogP contribution in [0.2, 0.25) is 0 Å². The highest BCUT2D eigenvalue weighted by Gasteiger charge is 2.07. The highest BCUT2D eigenvalue weighted by atomic mass is 16.5. The molecule has 2 aromatic rings. The van der Waals surface area contributed by atoms with E-state index < -0.39 is 0 Å². The number of hydrogen-bond acceptors (Lipinski definition) is 5. The minimum absolute atomic E-state index is 0.677. The molecule has 0 spiro atoms. The zero-order valence-electron chi connectivity index (χ0n) is 11.6. The molecule has 0 amide bonds. The Kier molecular flexibility index (Phi) is 4.46. The summed E-state index contributed by atoms with van der Waals surface area (Å²) in [6.45, 7) is 3.57. The molecule has 0 aliphatic rings. The van der Waals surface area contributed by atoms with Gasteiger partial charge in [-0.3, -0.25) is 0 Å². The van der Waals surface area contributed by atoms with Crippen molar-refractivity contribution in [1.82, 2.24) is 25.5 Å². The van der Waals surface area contributed by atoms with Gasteiger partial charge in [0.05, 0.1) is 13.7 Å². The van der Waals surface area contributed by atoms with Crippen LogP contribution in [0.25, 0.3) is 0 Å². The fourth-order valence-electron chi connectivity index (χ4n) is 1.97. The SMILES string of the molecule is CNCCc1nnnn1Cc1ccc(OC)c(C)c1. The van der Waals surface area contributed by atoms with Crippen LogP contribution in [0.5, 0.6) is 5.75 Å². The zero-order valence-corrected chi connectivity index (χ0v) is 11.6. The topological polar surface area (TPSA) is 64.9 Å². The predicted molar refractivity (Wildman–Crippen MR) is 72.3 cm³/mol. The summed E-state index contributed by atoms with van der Waals surface area (Å²) in [6, 6.07) is 6.11. The van der Waals surface area contributed by atoms with E-state index in [4.69, 9.17) is 4.74 Å². The number of aromatic nitrogens is 4. The molecule has 1 aromatic heterocycles. The van der Waals surface area contributed by atoms with Crippen molar-refractivity contribution in [3.05, 3.63) is 35.2 Å². The molecule has 0 saturated carbocycles. The minimum atomic E-state index is 0.677. The number of nitrogens with one attached hydrogen (secondary N) is 1. The first-order valence-corrected chi connectivity index (χ1v) is 6.27. The van der Waals surface area contributed by atoms with Gasteiger partial charge in [-0.05, 0) is 41.6 Å². The number of aryl methyl sites for hydroxylation is 1. The second-order valence-electron chi connectivity index (χ2n) is 4.41. The third-order valence-electron chi connectivity index (χ3n) is 3.00. The minimum Gasteiger partial charge on any atom is -0.496 e.